The Labute approximate surface area is 156 Å². The second kappa shape index (κ2) is 7.88. The number of benzene rings is 1. The van der Waals surface area contributed by atoms with Crippen LogP contribution in [-0.4, -0.2) is 46.7 Å². The molecule has 1 saturated carbocycles. The van der Waals surface area contributed by atoms with Gasteiger partial charge in [0.15, 0.2) is 0 Å². The first-order valence-electron chi connectivity index (χ1n) is 9.26. The number of halogens is 3. The quantitative estimate of drug-likeness (QED) is 0.790. The lowest BCUT2D eigenvalue weighted by Crippen LogP contribution is -2.48. The van der Waals surface area contributed by atoms with Crippen LogP contribution in [0.3, 0.4) is 0 Å². The molecule has 3 amide bonds. The van der Waals surface area contributed by atoms with Crippen LogP contribution in [0.4, 0.5) is 18.0 Å². The molecule has 5 nitrogen and oxygen atoms in total. The van der Waals surface area contributed by atoms with E-state index in [-0.39, 0.29) is 13.2 Å². The third-order valence-corrected chi connectivity index (χ3v) is 5.20. The van der Waals surface area contributed by atoms with Crippen molar-refractivity contribution in [2.75, 3.05) is 13.2 Å². The van der Waals surface area contributed by atoms with E-state index in [0.717, 1.165) is 35.5 Å². The first kappa shape index (κ1) is 19.7. The molecule has 0 unspecified atom stereocenters. The number of urea groups is 1. The molecule has 0 bridgehead atoms. The molecule has 148 valence electrons. The monoisotopic (exact) mass is 383 g/mol. The molecule has 1 spiro atoms. The lowest BCUT2D eigenvalue weighted by atomic mass is 9.90. The summed E-state index contributed by atoms with van der Waals surface area (Å²) in [5.74, 6) is -0.394. The summed E-state index contributed by atoms with van der Waals surface area (Å²) in [5, 5.41) is 2.77. The van der Waals surface area contributed by atoms with E-state index >= 15 is 0 Å². The molecule has 1 aromatic carbocycles. The predicted octanol–water partition coefficient (Wildman–Crippen LogP) is 3.65. The maximum Gasteiger partial charge on any atom is 0.401 e. The molecule has 1 saturated heterocycles. The maximum atomic E-state index is 13.0. The normalized spacial score (nSPS) is 20.2. The molecule has 2 fully saturated rings. The van der Waals surface area contributed by atoms with E-state index in [1.165, 1.54) is 0 Å². The van der Waals surface area contributed by atoms with Crippen LogP contribution in [0.2, 0.25) is 0 Å². The number of nitrogens with one attached hydrogen (secondary N) is 1. The Balaban J connectivity index is 1.76. The van der Waals surface area contributed by atoms with Gasteiger partial charge < -0.3 is 5.32 Å². The van der Waals surface area contributed by atoms with Crippen molar-refractivity contribution in [3.8, 4) is 0 Å². The fourth-order valence-corrected chi connectivity index (χ4v) is 3.93. The average molecular weight is 383 g/mol. The molecule has 1 N–H and O–H groups in total. The molecule has 1 heterocycles. The molecule has 2 aliphatic rings. The number of carbonyl (C=O) groups excluding carboxylic acids is 2. The van der Waals surface area contributed by atoms with Crippen LogP contribution in [0.25, 0.3) is 0 Å². The van der Waals surface area contributed by atoms with Crippen LogP contribution in [-0.2, 0) is 11.3 Å². The number of hydrogen-bond acceptors (Lipinski definition) is 3. The van der Waals surface area contributed by atoms with Crippen molar-refractivity contribution in [2.24, 2.45) is 0 Å². The highest BCUT2D eigenvalue weighted by Crippen LogP contribution is 2.33. The van der Waals surface area contributed by atoms with Crippen LogP contribution >= 0.6 is 0 Å². The van der Waals surface area contributed by atoms with E-state index in [4.69, 9.17) is 0 Å². The Morgan fingerprint density at radius 1 is 1.04 bits per heavy atom. The van der Waals surface area contributed by atoms with Crippen LogP contribution in [0, 0.1) is 0 Å². The van der Waals surface area contributed by atoms with Crippen molar-refractivity contribution in [3.05, 3.63) is 35.9 Å². The van der Waals surface area contributed by atoms with Gasteiger partial charge in [-0.1, -0.05) is 56.0 Å². The molecule has 1 aliphatic heterocycles. The summed E-state index contributed by atoms with van der Waals surface area (Å²) >= 11 is 0. The number of carbonyl (C=O) groups is 2. The summed E-state index contributed by atoms with van der Waals surface area (Å²) in [5.41, 5.74) is -0.248. The Bertz CT molecular complexity index is 671. The summed E-state index contributed by atoms with van der Waals surface area (Å²) < 4.78 is 39.1. The number of rotatable bonds is 5. The molecular weight excluding hydrogens is 359 g/mol. The molecule has 3 rings (SSSR count). The van der Waals surface area contributed by atoms with Crippen molar-refractivity contribution in [1.82, 2.24) is 15.1 Å². The highest BCUT2D eigenvalue weighted by Gasteiger charge is 2.51. The van der Waals surface area contributed by atoms with Crippen molar-refractivity contribution in [1.29, 1.82) is 0 Å². The highest BCUT2D eigenvalue weighted by molar-refractivity contribution is 6.07. The minimum atomic E-state index is -4.42. The van der Waals surface area contributed by atoms with Crippen molar-refractivity contribution >= 4 is 11.9 Å². The number of alkyl halides is 3. The van der Waals surface area contributed by atoms with Gasteiger partial charge in [0.05, 0.1) is 13.2 Å². The summed E-state index contributed by atoms with van der Waals surface area (Å²) in [6, 6.07) is 8.13. The van der Waals surface area contributed by atoms with Gasteiger partial charge in [-0.2, -0.15) is 13.2 Å². The fraction of sp³-hybridized carbons (Fsp3) is 0.579. The summed E-state index contributed by atoms with van der Waals surface area (Å²) in [7, 11) is 0. The molecule has 1 aromatic rings. The maximum absolute atomic E-state index is 13.0. The first-order valence-corrected chi connectivity index (χ1v) is 9.26. The standard InChI is InChI=1S/C19H24F3N3O2/c20-19(21,22)13-24(12-15-8-4-3-5-9-15)14-25-16(26)18(23-17(25)27)10-6-1-2-7-11-18/h3-5,8-9H,1-2,6-7,10-14H2,(H,23,27). The molecule has 0 aromatic heterocycles. The number of amides is 3. The minimum Gasteiger partial charge on any atom is -0.323 e. The van der Waals surface area contributed by atoms with E-state index in [1.807, 2.05) is 0 Å². The van der Waals surface area contributed by atoms with E-state index in [0.29, 0.717) is 18.4 Å². The van der Waals surface area contributed by atoms with Crippen molar-refractivity contribution in [2.45, 2.75) is 56.8 Å². The third-order valence-electron chi connectivity index (χ3n) is 5.20. The number of hydrogen-bond donors (Lipinski definition) is 1. The van der Waals surface area contributed by atoms with Gasteiger partial charge >= 0.3 is 12.2 Å². The van der Waals surface area contributed by atoms with Crippen LogP contribution in [0.1, 0.15) is 44.1 Å². The van der Waals surface area contributed by atoms with E-state index < -0.39 is 30.2 Å². The summed E-state index contributed by atoms with van der Waals surface area (Å²) in [6.45, 7) is -1.56. The third kappa shape index (κ3) is 4.80. The first-order chi connectivity index (χ1) is 12.8. The predicted molar refractivity (Wildman–Crippen MR) is 93.6 cm³/mol. The molecule has 8 heteroatoms. The van der Waals surface area contributed by atoms with Crippen molar-refractivity contribution in [3.63, 3.8) is 0 Å². The Kier molecular flexibility index (Phi) is 5.74. The number of imide groups is 1. The van der Waals surface area contributed by atoms with E-state index in [2.05, 4.69) is 5.32 Å². The van der Waals surface area contributed by atoms with Gasteiger partial charge in [0.1, 0.15) is 5.54 Å². The van der Waals surface area contributed by atoms with E-state index in [1.54, 1.807) is 30.3 Å². The Morgan fingerprint density at radius 2 is 1.67 bits per heavy atom. The summed E-state index contributed by atoms with van der Waals surface area (Å²) in [6.07, 6.45) is 0.330. The Hall–Kier alpha value is -2.09. The molecule has 0 radical (unpaired) electrons. The van der Waals surface area contributed by atoms with Crippen LogP contribution in [0.5, 0.6) is 0 Å². The zero-order valence-electron chi connectivity index (χ0n) is 15.1. The SMILES string of the molecule is O=C1NC2(CCCCCC2)C(=O)N1CN(Cc1ccccc1)CC(F)(F)F. The van der Waals surface area contributed by atoms with Gasteiger partial charge in [0, 0.05) is 6.54 Å². The molecule has 27 heavy (non-hydrogen) atoms. The molecule has 0 atom stereocenters. The topological polar surface area (TPSA) is 52.7 Å². The van der Waals surface area contributed by atoms with Crippen LogP contribution in [0.15, 0.2) is 30.3 Å². The number of nitrogens with zero attached hydrogens (tertiary/aromatic N) is 2. The van der Waals surface area contributed by atoms with Crippen LogP contribution < -0.4 is 5.32 Å². The highest BCUT2D eigenvalue weighted by atomic mass is 19.4. The lowest BCUT2D eigenvalue weighted by molar-refractivity contribution is -0.154. The molecular formula is C19H24F3N3O2. The average Bonchev–Trinajstić information content (AvgIpc) is 2.77. The second-order valence-corrected chi connectivity index (χ2v) is 7.39. The molecule has 1 aliphatic carbocycles. The van der Waals surface area contributed by atoms with Gasteiger partial charge in [-0.3, -0.25) is 9.69 Å². The van der Waals surface area contributed by atoms with Gasteiger partial charge in [-0.15, -0.1) is 0 Å². The zero-order valence-corrected chi connectivity index (χ0v) is 15.1. The second-order valence-electron chi connectivity index (χ2n) is 7.39. The largest absolute Gasteiger partial charge is 0.401 e. The lowest BCUT2D eigenvalue weighted by Gasteiger charge is -2.28. The zero-order chi connectivity index (χ0) is 19.5. The van der Waals surface area contributed by atoms with Gasteiger partial charge in [0.2, 0.25) is 0 Å². The van der Waals surface area contributed by atoms with Gasteiger partial charge in [0.25, 0.3) is 5.91 Å². The minimum absolute atomic E-state index is 0.00437. The van der Waals surface area contributed by atoms with Gasteiger partial charge in [-0.05, 0) is 18.4 Å². The summed E-state index contributed by atoms with van der Waals surface area (Å²) in [4.78, 5) is 27.4. The van der Waals surface area contributed by atoms with Gasteiger partial charge in [-0.25, -0.2) is 9.69 Å². The van der Waals surface area contributed by atoms with E-state index in [9.17, 15) is 22.8 Å². The fourth-order valence-electron chi connectivity index (χ4n) is 3.93. The smallest absolute Gasteiger partial charge is 0.323 e. The Morgan fingerprint density at radius 3 is 2.26 bits per heavy atom. The van der Waals surface area contributed by atoms with Crippen molar-refractivity contribution < 1.29 is 22.8 Å².